The Hall–Kier alpha value is -2.35. The van der Waals surface area contributed by atoms with E-state index in [4.69, 9.17) is 16.0 Å². The van der Waals surface area contributed by atoms with Crippen LogP contribution in [0.15, 0.2) is 42.5 Å². The lowest BCUT2D eigenvalue weighted by atomic mass is 9.95. The van der Waals surface area contributed by atoms with E-state index in [2.05, 4.69) is 16.8 Å². The first kappa shape index (κ1) is 15.5. The van der Waals surface area contributed by atoms with Gasteiger partial charge in [-0.25, -0.2) is 4.85 Å². The Labute approximate surface area is 137 Å². The second-order valence-electron chi connectivity index (χ2n) is 5.76. The summed E-state index contributed by atoms with van der Waals surface area (Å²) in [6.45, 7) is 9.68. The molecule has 0 fully saturated rings. The molecule has 1 atom stereocenters. The number of fused-ring (bicyclic) bond motifs is 1. The van der Waals surface area contributed by atoms with Crippen LogP contribution in [0.25, 0.3) is 4.85 Å². The molecule has 0 aromatic heterocycles. The number of ether oxygens (including phenoxy) is 2. The maximum absolute atomic E-state index is 7.29. The topological polar surface area (TPSA) is 26.1 Å². The molecule has 0 saturated heterocycles. The highest BCUT2D eigenvalue weighted by Gasteiger charge is 2.22. The number of benzene rings is 2. The maximum Gasteiger partial charge on any atom is 0.187 e. The third kappa shape index (κ3) is 3.37. The molecule has 0 N–H and O–H groups in total. The number of methoxy groups -OCH3 is 1. The Morgan fingerprint density at radius 3 is 2.91 bits per heavy atom. The first-order valence-corrected chi connectivity index (χ1v) is 7.65. The van der Waals surface area contributed by atoms with Crippen molar-refractivity contribution in [3.63, 3.8) is 0 Å². The van der Waals surface area contributed by atoms with E-state index >= 15 is 0 Å². The van der Waals surface area contributed by atoms with Crippen molar-refractivity contribution in [1.29, 1.82) is 0 Å². The number of nitrogens with zero attached hydrogens (tertiary/aromatic N) is 2. The molecule has 0 spiro atoms. The minimum absolute atomic E-state index is 0.171. The van der Waals surface area contributed by atoms with Crippen LogP contribution in [0.3, 0.4) is 0 Å². The van der Waals surface area contributed by atoms with Gasteiger partial charge in [0.05, 0.1) is 20.3 Å². The SMILES string of the molecule is [C-]#[N+]c1ccc2c(c1)C(c1cccc(OC)c1)OCCN(C)C2. The van der Waals surface area contributed by atoms with Gasteiger partial charge in [0.15, 0.2) is 5.69 Å². The standard InChI is InChI=1S/C19H20N2O2/c1-20-16-8-7-15-13-21(2)9-10-23-19(18(15)12-16)14-5-4-6-17(11-14)22-3/h4-8,11-12,19H,9-10,13H2,2-3H3. The van der Waals surface area contributed by atoms with Crippen LogP contribution < -0.4 is 4.74 Å². The summed E-state index contributed by atoms with van der Waals surface area (Å²) in [4.78, 5) is 5.80. The Kier molecular flexibility index (Phi) is 4.61. The molecule has 23 heavy (non-hydrogen) atoms. The largest absolute Gasteiger partial charge is 0.497 e. The van der Waals surface area contributed by atoms with E-state index in [-0.39, 0.29) is 6.10 Å². The third-order valence-corrected chi connectivity index (χ3v) is 4.14. The summed E-state index contributed by atoms with van der Waals surface area (Å²) in [6.07, 6.45) is -0.171. The molecule has 0 radical (unpaired) electrons. The molecule has 0 bridgehead atoms. The quantitative estimate of drug-likeness (QED) is 0.789. The molecule has 0 saturated carbocycles. The summed E-state index contributed by atoms with van der Waals surface area (Å²) in [5.41, 5.74) is 3.96. The summed E-state index contributed by atoms with van der Waals surface area (Å²) in [5, 5.41) is 0. The lowest BCUT2D eigenvalue weighted by Gasteiger charge is -2.29. The first-order valence-electron chi connectivity index (χ1n) is 7.65. The van der Waals surface area contributed by atoms with Gasteiger partial charge in [0.1, 0.15) is 11.9 Å². The molecule has 1 aliphatic rings. The van der Waals surface area contributed by atoms with E-state index in [1.165, 1.54) is 5.56 Å². The fraction of sp³-hybridized carbons (Fsp3) is 0.316. The molecule has 2 aromatic carbocycles. The number of hydrogen-bond acceptors (Lipinski definition) is 3. The lowest BCUT2D eigenvalue weighted by molar-refractivity contribution is 0.0553. The summed E-state index contributed by atoms with van der Waals surface area (Å²) < 4.78 is 11.5. The van der Waals surface area contributed by atoms with Crippen molar-refractivity contribution in [2.75, 3.05) is 27.3 Å². The van der Waals surface area contributed by atoms with Crippen LogP contribution in [0.2, 0.25) is 0 Å². The van der Waals surface area contributed by atoms with Gasteiger partial charge >= 0.3 is 0 Å². The second kappa shape index (κ2) is 6.82. The highest BCUT2D eigenvalue weighted by atomic mass is 16.5. The predicted molar refractivity (Wildman–Crippen MR) is 89.8 cm³/mol. The molecule has 0 amide bonds. The van der Waals surface area contributed by atoms with Crippen molar-refractivity contribution in [1.82, 2.24) is 4.90 Å². The molecule has 2 aromatic rings. The molecule has 4 heteroatoms. The van der Waals surface area contributed by atoms with Crippen molar-refractivity contribution in [3.05, 3.63) is 70.6 Å². The van der Waals surface area contributed by atoms with E-state index in [1.807, 2.05) is 42.5 Å². The minimum Gasteiger partial charge on any atom is -0.497 e. The summed E-state index contributed by atoms with van der Waals surface area (Å²) in [5.74, 6) is 0.813. The van der Waals surface area contributed by atoms with Gasteiger partial charge in [0, 0.05) is 13.1 Å². The molecule has 1 heterocycles. The maximum atomic E-state index is 7.29. The number of hydrogen-bond donors (Lipinski definition) is 0. The van der Waals surface area contributed by atoms with Crippen LogP contribution in [-0.2, 0) is 11.3 Å². The van der Waals surface area contributed by atoms with Gasteiger partial charge in [0.25, 0.3) is 0 Å². The van der Waals surface area contributed by atoms with Crippen LogP contribution in [0, 0.1) is 6.57 Å². The van der Waals surface area contributed by atoms with Crippen LogP contribution in [-0.4, -0.2) is 32.2 Å². The number of likely N-dealkylation sites (N-methyl/N-ethyl adjacent to an activating group) is 1. The molecule has 3 rings (SSSR count). The van der Waals surface area contributed by atoms with Gasteiger partial charge < -0.3 is 9.47 Å². The number of rotatable bonds is 2. The molecular formula is C19H20N2O2. The van der Waals surface area contributed by atoms with Gasteiger partial charge in [-0.05, 0) is 35.9 Å². The molecular weight excluding hydrogens is 288 g/mol. The van der Waals surface area contributed by atoms with Gasteiger partial charge in [-0.2, -0.15) is 0 Å². The second-order valence-corrected chi connectivity index (χ2v) is 5.76. The Morgan fingerprint density at radius 1 is 1.26 bits per heavy atom. The zero-order valence-electron chi connectivity index (χ0n) is 13.5. The first-order chi connectivity index (χ1) is 11.2. The predicted octanol–water partition coefficient (Wildman–Crippen LogP) is 3.80. The summed E-state index contributed by atoms with van der Waals surface area (Å²) in [6, 6.07) is 13.8. The Bertz CT molecular complexity index is 736. The van der Waals surface area contributed by atoms with E-state index in [9.17, 15) is 0 Å². The van der Waals surface area contributed by atoms with Crippen LogP contribution in [0.5, 0.6) is 5.75 Å². The van der Waals surface area contributed by atoms with Gasteiger partial charge in [-0.1, -0.05) is 30.3 Å². The van der Waals surface area contributed by atoms with Gasteiger partial charge in [-0.15, -0.1) is 0 Å². The highest BCUT2D eigenvalue weighted by Crippen LogP contribution is 2.34. The van der Waals surface area contributed by atoms with Gasteiger partial charge in [0.2, 0.25) is 0 Å². The Balaban J connectivity index is 2.09. The average Bonchev–Trinajstić information content (AvgIpc) is 2.57. The van der Waals surface area contributed by atoms with E-state index in [1.54, 1.807) is 7.11 Å². The van der Waals surface area contributed by atoms with Crippen molar-refractivity contribution in [3.8, 4) is 5.75 Å². The van der Waals surface area contributed by atoms with Crippen LogP contribution >= 0.6 is 0 Å². The zero-order chi connectivity index (χ0) is 16.2. The molecule has 1 unspecified atom stereocenters. The fourth-order valence-corrected chi connectivity index (χ4v) is 2.91. The Morgan fingerprint density at radius 2 is 2.13 bits per heavy atom. The van der Waals surface area contributed by atoms with Crippen LogP contribution in [0.1, 0.15) is 22.8 Å². The van der Waals surface area contributed by atoms with E-state index in [0.29, 0.717) is 12.3 Å². The van der Waals surface area contributed by atoms with Gasteiger partial charge in [-0.3, -0.25) is 4.90 Å². The van der Waals surface area contributed by atoms with Crippen LogP contribution in [0.4, 0.5) is 5.69 Å². The monoisotopic (exact) mass is 308 g/mol. The van der Waals surface area contributed by atoms with E-state index < -0.39 is 0 Å². The lowest BCUT2D eigenvalue weighted by Crippen LogP contribution is -2.27. The average molecular weight is 308 g/mol. The van der Waals surface area contributed by atoms with E-state index in [0.717, 1.165) is 30.0 Å². The summed E-state index contributed by atoms with van der Waals surface area (Å²) in [7, 11) is 3.75. The molecule has 4 nitrogen and oxygen atoms in total. The molecule has 118 valence electrons. The van der Waals surface area contributed by atoms with Crippen molar-refractivity contribution in [2.24, 2.45) is 0 Å². The van der Waals surface area contributed by atoms with Crippen molar-refractivity contribution in [2.45, 2.75) is 12.6 Å². The molecule has 0 aliphatic carbocycles. The zero-order valence-corrected chi connectivity index (χ0v) is 13.5. The molecule has 1 aliphatic heterocycles. The minimum atomic E-state index is -0.171. The summed E-state index contributed by atoms with van der Waals surface area (Å²) >= 11 is 0. The normalized spacial score (nSPS) is 18.4. The highest BCUT2D eigenvalue weighted by molar-refractivity contribution is 5.52. The van der Waals surface area contributed by atoms with Crippen molar-refractivity contribution < 1.29 is 9.47 Å². The third-order valence-electron chi connectivity index (χ3n) is 4.14. The van der Waals surface area contributed by atoms with Crippen molar-refractivity contribution >= 4 is 5.69 Å². The fourth-order valence-electron chi connectivity index (χ4n) is 2.91. The smallest absolute Gasteiger partial charge is 0.187 e.